The van der Waals surface area contributed by atoms with Crippen molar-refractivity contribution >= 4 is 22.6 Å². The van der Waals surface area contributed by atoms with E-state index in [4.69, 9.17) is 0 Å². The van der Waals surface area contributed by atoms with Gasteiger partial charge in [0.15, 0.2) is 0 Å². The predicted octanol–water partition coefficient (Wildman–Crippen LogP) is 4.13. The van der Waals surface area contributed by atoms with Gasteiger partial charge in [-0.15, -0.1) is 0 Å². The molecule has 0 spiro atoms. The number of carbonyl (C=O) groups is 1. The monoisotopic (exact) mass is 394 g/mol. The van der Waals surface area contributed by atoms with Crippen LogP contribution in [0, 0.1) is 12.8 Å². The largest absolute Gasteiger partial charge is 0.387 e. The topological polar surface area (TPSA) is 88.0 Å². The molecule has 1 aliphatic rings. The molecule has 2 N–H and O–H groups in total. The lowest BCUT2D eigenvalue weighted by Crippen LogP contribution is -2.15. The summed E-state index contributed by atoms with van der Waals surface area (Å²) in [7, 11) is 0. The lowest BCUT2D eigenvalue weighted by atomic mass is 10.0. The van der Waals surface area contributed by atoms with Crippen molar-refractivity contribution in [2.24, 2.45) is 5.92 Å². The predicted molar refractivity (Wildman–Crippen MR) is 109 cm³/mol. The fourth-order valence-corrected chi connectivity index (χ4v) is 3.38. The van der Waals surface area contributed by atoms with Gasteiger partial charge in [-0.1, -0.05) is 13.3 Å². The van der Waals surface area contributed by atoms with E-state index in [9.17, 15) is 14.3 Å². The molecule has 3 atom stereocenters. The molecule has 29 heavy (non-hydrogen) atoms. The van der Waals surface area contributed by atoms with Crippen LogP contribution in [0.1, 0.15) is 43.5 Å². The quantitative estimate of drug-likeness (QED) is 0.656. The molecule has 0 radical (unpaired) electrons. The standard InChI is InChI=1S/C22H23FN4O2/c1-3-4-20(28)19-5-12(2)16(11-25-19)13-6-14-10-26-21(8-18(14)24-9-13)27-22(29)15-7-17(15)23/h5-6,8-11,15,17,20,28H,3-4,7H2,1-2H3,(H,26,27,29)/t15-,17+,20?/m1/s1. The number of nitrogens with one attached hydrogen (secondary N) is 1. The molecular weight excluding hydrogens is 371 g/mol. The Balaban J connectivity index is 1.57. The van der Waals surface area contributed by atoms with Gasteiger partial charge in [0.1, 0.15) is 12.0 Å². The van der Waals surface area contributed by atoms with Crippen molar-refractivity contribution < 1.29 is 14.3 Å². The van der Waals surface area contributed by atoms with Crippen LogP contribution in [0.4, 0.5) is 10.2 Å². The third kappa shape index (κ3) is 4.10. The van der Waals surface area contributed by atoms with Gasteiger partial charge in [-0.25, -0.2) is 9.37 Å². The van der Waals surface area contributed by atoms with Crippen LogP contribution < -0.4 is 5.32 Å². The van der Waals surface area contributed by atoms with E-state index in [1.807, 2.05) is 26.0 Å². The SMILES string of the molecule is CCCC(O)c1cc(C)c(-c2cnc3cc(NC(=O)[C@@H]4C[C@@H]4F)ncc3c2)cn1. The zero-order chi connectivity index (χ0) is 20.5. The number of aliphatic hydroxyl groups is 1. The minimum Gasteiger partial charge on any atom is -0.387 e. The van der Waals surface area contributed by atoms with Gasteiger partial charge in [-0.05, 0) is 37.5 Å². The number of halogens is 1. The summed E-state index contributed by atoms with van der Waals surface area (Å²) in [6.45, 7) is 4.01. The van der Waals surface area contributed by atoms with Crippen LogP contribution in [0.25, 0.3) is 22.0 Å². The molecule has 150 valence electrons. The molecule has 3 aromatic rings. The molecule has 1 aliphatic carbocycles. The minimum absolute atomic E-state index is 0.280. The minimum atomic E-state index is -1.04. The molecule has 3 heterocycles. The normalized spacial score (nSPS) is 19.2. The van der Waals surface area contributed by atoms with Crippen LogP contribution in [0.15, 0.2) is 36.8 Å². The second kappa shape index (κ2) is 7.83. The number of nitrogens with zero attached hydrogens (tertiary/aromatic N) is 3. The third-order valence-corrected chi connectivity index (χ3v) is 5.21. The molecule has 1 amide bonds. The first-order chi connectivity index (χ1) is 14.0. The Bertz CT molecular complexity index is 1070. The average molecular weight is 394 g/mol. The van der Waals surface area contributed by atoms with E-state index in [1.54, 1.807) is 24.7 Å². The second-order valence-electron chi connectivity index (χ2n) is 7.56. The number of anilines is 1. The van der Waals surface area contributed by atoms with Crippen LogP contribution in [0.3, 0.4) is 0 Å². The first-order valence-corrected chi connectivity index (χ1v) is 9.82. The Morgan fingerprint density at radius 3 is 2.72 bits per heavy atom. The Hall–Kier alpha value is -2.93. The Labute approximate surface area is 168 Å². The molecule has 0 bridgehead atoms. The number of aliphatic hydroxyl groups excluding tert-OH is 1. The molecule has 0 aliphatic heterocycles. The number of amides is 1. The summed E-state index contributed by atoms with van der Waals surface area (Å²) in [6.07, 6.45) is 5.41. The molecule has 0 aromatic carbocycles. The zero-order valence-electron chi connectivity index (χ0n) is 16.4. The van der Waals surface area contributed by atoms with Gasteiger partial charge in [0.2, 0.25) is 5.91 Å². The Kier molecular flexibility index (Phi) is 5.24. The fraction of sp³-hybridized carbons (Fsp3) is 0.364. The number of pyridine rings is 3. The van der Waals surface area contributed by atoms with Gasteiger partial charge in [0, 0.05) is 41.2 Å². The summed E-state index contributed by atoms with van der Waals surface area (Å²) in [4.78, 5) is 25.0. The Morgan fingerprint density at radius 1 is 1.24 bits per heavy atom. The first-order valence-electron chi connectivity index (χ1n) is 9.82. The van der Waals surface area contributed by atoms with Crippen molar-refractivity contribution in [2.75, 3.05) is 5.32 Å². The van der Waals surface area contributed by atoms with Crippen LogP contribution in [-0.2, 0) is 4.79 Å². The highest BCUT2D eigenvalue weighted by Gasteiger charge is 2.43. The van der Waals surface area contributed by atoms with Gasteiger partial charge >= 0.3 is 0 Å². The van der Waals surface area contributed by atoms with E-state index in [0.717, 1.165) is 28.5 Å². The number of aryl methyl sites for hydroxylation is 1. The van der Waals surface area contributed by atoms with Crippen LogP contribution in [0.5, 0.6) is 0 Å². The van der Waals surface area contributed by atoms with E-state index in [-0.39, 0.29) is 12.3 Å². The highest BCUT2D eigenvalue weighted by atomic mass is 19.1. The smallest absolute Gasteiger partial charge is 0.231 e. The van der Waals surface area contributed by atoms with E-state index < -0.39 is 18.2 Å². The molecule has 1 saturated carbocycles. The maximum absolute atomic E-state index is 13.0. The molecule has 0 saturated heterocycles. The number of alkyl halides is 1. The summed E-state index contributed by atoms with van der Waals surface area (Å²) >= 11 is 0. The highest BCUT2D eigenvalue weighted by Crippen LogP contribution is 2.34. The molecule has 6 nitrogen and oxygen atoms in total. The molecule has 4 rings (SSSR count). The number of hydrogen-bond donors (Lipinski definition) is 2. The van der Waals surface area contributed by atoms with Crippen molar-refractivity contribution in [3.05, 3.63) is 48.0 Å². The number of fused-ring (bicyclic) bond motifs is 1. The maximum Gasteiger partial charge on any atom is 0.231 e. The summed E-state index contributed by atoms with van der Waals surface area (Å²) in [5, 5.41) is 13.6. The lowest BCUT2D eigenvalue weighted by molar-refractivity contribution is -0.117. The summed E-state index contributed by atoms with van der Waals surface area (Å²) in [5.41, 5.74) is 4.21. The summed E-state index contributed by atoms with van der Waals surface area (Å²) in [6, 6.07) is 5.56. The van der Waals surface area contributed by atoms with Crippen molar-refractivity contribution in [1.29, 1.82) is 0 Å². The summed E-state index contributed by atoms with van der Waals surface area (Å²) < 4.78 is 13.0. The lowest BCUT2D eigenvalue weighted by Gasteiger charge is -2.12. The molecule has 7 heteroatoms. The van der Waals surface area contributed by atoms with E-state index in [2.05, 4.69) is 20.3 Å². The van der Waals surface area contributed by atoms with Crippen LogP contribution >= 0.6 is 0 Å². The summed E-state index contributed by atoms with van der Waals surface area (Å²) in [5.74, 6) is -0.529. The molecule has 1 fully saturated rings. The number of aromatic nitrogens is 3. The fourth-order valence-electron chi connectivity index (χ4n) is 3.38. The van der Waals surface area contributed by atoms with Gasteiger partial charge in [0.25, 0.3) is 0 Å². The highest BCUT2D eigenvalue weighted by molar-refractivity contribution is 5.95. The van der Waals surface area contributed by atoms with Crippen molar-refractivity contribution in [2.45, 2.75) is 45.4 Å². The molecule has 3 aromatic heterocycles. The second-order valence-corrected chi connectivity index (χ2v) is 7.56. The Morgan fingerprint density at radius 2 is 2.03 bits per heavy atom. The maximum atomic E-state index is 13.0. The number of rotatable bonds is 6. The average Bonchev–Trinajstić information content (AvgIpc) is 3.44. The van der Waals surface area contributed by atoms with E-state index in [0.29, 0.717) is 23.4 Å². The third-order valence-electron chi connectivity index (χ3n) is 5.21. The van der Waals surface area contributed by atoms with Gasteiger partial charge in [-0.2, -0.15) is 0 Å². The van der Waals surface area contributed by atoms with Crippen LogP contribution in [0.2, 0.25) is 0 Å². The number of hydrogen-bond acceptors (Lipinski definition) is 5. The van der Waals surface area contributed by atoms with Crippen molar-refractivity contribution in [3.63, 3.8) is 0 Å². The van der Waals surface area contributed by atoms with Crippen LogP contribution in [-0.4, -0.2) is 32.1 Å². The first kappa shape index (κ1) is 19.4. The molecule has 1 unspecified atom stereocenters. The van der Waals surface area contributed by atoms with E-state index in [1.165, 1.54) is 0 Å². The van der Waals surface area contributed by atoms with Crippen molar-refractivity contribution in [1.82, 2.24) is 15.0 Å². The van der Waals surface area contributed by atoms with E-state index >= 15 is 0 Å². The van der Waals surface area contributed by atoms with Gasteiger partial charge in [-0.3, -0.25) is 14.8 Å². The van der Waals surface area contributed by atoms with Gasteiger partial charge in [0.05, 0.1) is 23.2 Å². The van der Waals surface area contributed by atoms with Crippen molar-refractivity contribution in [3.8, 4) is 11.1 Å². The number of carbonyl (C=O) groups excluding carboxylic acids is 1. The van der Waals surface area contributed by atoms with Gasteiger partial charge < -0.3 is 10.4 Å². The zero-order valence-corrected chi connectivity index (χ0v) is 16.4. The molecular formula is C22H23FN4O2.